The van der Waals surface area contributed by atoms with E-state index in [1.165, 1.54) is 5.56 Å². The molecule has 2 aromatic rings. The lowest BCUT2D eigenvalue weighted by atomic mass is 9.86. The highest BCUT2D eigenvalue weighted by atomic mass is 16.4. The largest absolute Gasteiger partial charge is 0.481 e. The first-order chi connectivity index (χ1) is 9.95. The van der Waals surface area contributed by atoms with Gasteiger partial charge in [0.25, 0.3) is 0 Å². The van der Waals surface area contributed by atoms with E-state index >= 15 is 0 Å². The van der Waals surface area contributed by atoms with Crippen LogP contribution >= 0.6 is 0 Å². The van der Waals surface area contributed by atoms with Gasteiger partial charge in [-0.15, -0.1) is 0 Å². The molecule has 0 spiro atoms. The van der Waals surface area contributed by atoms with Crippen LogP contribution in [0, 0.1) is 11.8 Å². The molecule has 1 atom stereocenters. The summed E-state index contributed by atoms with van der Waals surface area (Å²) in [5.74, 6) is -0.188. The van der Waals surface area contributed by atoms with E-state index in [-0.39, 0.29) is 12.3 Å². The molecule has 1 N–H and O–H groups in total. The average molecular weight is 286 g/mol. The molecular formula is C17H22N2O2. The third-order valence-electron chi connectivity index (χ3n) is 3.87. The summed E-state index contributed by atoms with van der Waals surface area (Å²) in [4.78, 5) is 10.9. The molecule has 0 amide bonds. The molecule has 1 aromatic heterocycles. The standard InChI is InChI=1S/C17H22N2O2/c1-12(2)15(9-17(20)21)8-13-4-6-14(7-5-13)16-10-18-19(3)11-16/h4-7,10-12,15H,8-9H2,1-3H3,(H,20,21). The summed E-state index contributed by atoms with van der Waals surface area (Å²) < 4.78 is 1.78. The molecule has 0 radical (unpaired) electrons. The van der Waals surface area contributed by atoms with Crippen LogP contribution in [0.3, 0.4) is 0 Å². The van der Waals surface area contributed by atoms with E-state index in [2.05, 4.69) is 43.2 Å². The Morgan fingerprint density at radius 1 is 1.24 bits per heavy atom. The molecule has 1 aromatic carbocycles. The molecular weight excluding hydrogens is 264 g/mol. The van der Waals surface area contributed by atoms with Gasteiger partial charge in [0.15, 0.2) is 0 Å². The minimum absolute atomic E-state index is 0.173. The maximum absolute atomic E-state index is 10.9. The van der Waals surface area contributed by atoms with Gasteiger partial charge in [0.2, 0.25) is 0 Å². The lowest BCUT2D eigenvalue weighted by Gasteiger charge is -2.19. The van der Waals surface area contributed by atoms with Crippen LogP contribution in [0.5, 0.6) is 0 Å². The van der Waals surface area contributed by atoms with Crippen LogP contribution in [-0.4, -0.2) is 20.9 Å². The van der Waals surface area contributed by atoms with Crippen molar-refractivity contribution in [3.05, 3.63) is 42.2 Å². The first-order valence-corrected chi connectivity index (χ1v) is 7.25. The van der Waals surface area contributed by atoms with E-state index in [0.717, 1.165) is 17.5 Å². The van der Waals surface area contributed by atoms with Crippen LogP contribution in [0.2, 0.25) is 0 Å². The van der Waals surface area contributed by atoms with Crippen molar-refractivity contribution >= 4 is 5.97 Å². The van der Waals surface area contributed by atoms with E-state index in [1.807, 2.05) is 19.4 Å². The van der Waals surface area contributed by atoms with Gasteiger partial charge in [-0.25, -0.2) is 0 Å². The van der Waals surface area contributed by atoms with Crippen LogP contribution in [0.25, 0.3) is 11.1 Å². The third-order valence-corrected chi connectivity index (χ3v) is 3.87. The number of aliphatic carboxylic acids is 1. The number of aryl methyl sites for hydroxylation is 1. The maximum atomic E-state index is 10.9. The Balaban J connectivity index is 2.09. The quantitative estimate of drug-likeness (QED) is 0.885. The first kappa shape index (κ1) is 15.3. The average Bonchev–Trinajstić information content (AvgIpc) is 2.85. The van der Waals surface area contributed by atoms with Gasteiger partial charge in [-0.2, -0.15) is 5.10 Å². The van der Waals surface area contributed by atoms with Crippen LogP contribution < -0.4 is 0 Å². The van der Waals surface area contributed by atoms with Crippen molar-refractivity contribution in [1.82, 2.24) is 9.78 Å². The number of rotatable bonds is 6. The Bertz CT molecular complexity index is 600. The summed E-state index contributed by atoms with van der Waals surface area (Å²) in [6.45, 7) is 4.16. The highest BCUT2D eigenvalue weighted by Crippen LogP contribution is 2.23. The summed E-state index contributed by atoms with van der Waals surface area (Å²) in [6.07, 6.45) is 4.85. The number of hydrogen-bond acceptors (Lipinski definition) is 2. The van der Waals surface area contributed by atoms with E-state index in [1.54, 1.807) is 4.68 Å². The second kappa shape index (κ2) is 6.57. The van der Waals surface area contributed by atoms with E-state index in [4.69, 9.17) is 5.11 Å². The number of hydrogen-bond donors (Lipinski definition) is 1. The zero-order valence-electron chi connectivity index (χ0n) is 12.8. The Kier molecular flexibility index (Phi) is 4.78. The molecule has 0 bridgehead atoms. The monoisotopic (exact) mass is 286 g/mol. The number of nitrogens with zero attached hydrogens (tertiary/aromatic N) is 2. The second-order valence-corrected chi connectivity index (χ2v) is 5.91. The predicted molar refractivity (Wildman–Crippen MR) is 82.9 cm³/mol. The second-order valence-electron chi connectivity index (χ2n) is 5.91. The topological polar surface area (TPSA) is 55.1 Å². The molecule has 0 fully saturated rings. The van der Waals surface area contributed by atoms with Crippen molar-refractivity contribution in [2.24, 2.45) is 18.9 Å². The summed E-state index contributed by atoms with van der Waals surface area (Å²) in [6, 6.07) is 8.31. The summed E-state index contributed by atoms with van der Waals surface area (Å²) in [5, 5.41) is 13.2. The van der Waals surface area contributed by atoms with Crippen LogP contribution in [0.15, 0.2) is 36.7 Å². The van der Waals surface area contributed by atoms with Crippen LogP contribution in [-0.2, 0) is 18.3 Å². The fourth-order valence-electron chi connectivity index (χ4n) is 2.47. The molecule has 0 saturated heterocycles. The summed E-state index contributed by atoms with van der Waals surface area (Å²) in [5.41, 5.74) is 3.41. The van der Waals surface area contributed by atoms with Crippen molar-refractivity contribution in [2.75, 3.05) is 0 Å². The SMILES string of the molecule is CC(C)C(CC(=O)O)Cc1ccc(-c2cnn(C)c2)cc1. The summed E-state index contributed by atoms with van der Waals surface area (Å²) >= 11 is 0. The minimum Gasteiger partial charge on any atom is -0.481 e. The molecule has 1 heterocycles. The molecule has 0 aliphatic heterocycles. The van der Waals surface area contributed by atoms with E-state index in [9.17, 15) is 4.79 Å². The lowest BCUT2D eigenvalue weighted by Crippen LogP contribution is -2.16. The van der Waals surface area contributed by atoms with Crippen LogP contribution in [0.1, 0.15) is 25.8 Å². The van der Waals surface area contributed by atoms with Gasteiger partial charge in [-0.3, -0.25) is 9.48 Å². The van der Waals surface area contributed by atoms with Gasteiger partial charge < -0.3 is 5.11 Å². The molecule has 0 aliphatic carbocycles. The van der Waals surface area contributed by atoms with Crippen molar-refractivity contribution in [1.29, 1.82) is 0 Å². The molecule has 21 heavy (non-hydrogen) atoms. The fourth-order valence-corrected chi connectivity index (χ4v) is 2.47. The Morgan fingerprint density at radius 2 is 1.90 bits per heavy atom. The molecule has 1 unspecified atom stereocenters. The first-order valence-electron chi connectivity index (χ1n) is 7.25. The predicted octanol–water partition coefficient (Wildman–Crippen LogP) is 3.38. The Labute approximate surface area is 125 Å². The van der Waals surface area contributed by atoms with Crippen LogP contribution in [0.4, 0.5) is 0 Å². The normalized spacial score (nSPS) is 12.6. The highest BCUT2D eigenvalue weighted by molar-refractivity contribution is 5.67. The van der Waals surface area contributed by atoms with Gasteiger partial charge in [-0.05, 0) is 29.4 Å². The van der Waals surface area contributed by atoms with Gasteiger partial charge in [0.1, 0.15) is 0 Å². The van der Waals surface area contributed by atoms with Crippen molar-refractivity contribution in [2.45, 2.75) is 26.7 Å². The third kappa shape index (κ3) is 4.18. The zero-order chi connectivity index (χ0) is 15.4. The molecule has 112 valence electrons. The maximum Gasteiger partial charge on any atom is 0.303 e. The van der Waals surface area contributed by atoms with Gasteiger partial charge in [0.05, 0.1) is 6.20 Å². The molecule has 4 nitrogen and oxygen atoms in total. The van der Waals surface area contributed by atoms with Crippen molar-refractivity contribution in [3.63, 3.8) is 0 Å². The highest BCUT2D eigenvalue weighted by Gasteiger charge is 2.17. The molecule has 0 saturated carbocycles. The Morgan fingerprint density at radius 3 is 2.38 bits per heavy atom. The molecule has 4 heteroatoms. The number of carboxylic acids is 1. The molecule has 0 aliphatic rings. The van der Waals surface area contributed by atoms with E-state index in [0.29, 0.717) is 5.92 Å². The number of carboxylic acid groups (broad SMARTS) is 1. The van der Waals surface area contributed by atoms with Gasteiger partial charge >= 0.3 is 5.97 Å². The summed E-state index contributed by atoms with van der Waals surface area (Å²) in [7, 11) is 1.90. The molecule has 2 rings (SSSR count). The number of carbonyl (C=O) groups is 1. The number of benzene rings is 1. The zero-order valence-corrected chi connectivity index (χ0v) is 12.8. The minimum atomic E-state index is -0.722. The number of aromatic nitrogens is 2. The lowest BCUT2D eigenvalue weighted by molar-refractivity contribution is -0.138. The van der Waals surface area contributed by atoms with Gasteiger partial charge in [0, 0.05) is 25.2 Å². The smallest absolute Gasteiger partial charge is 0.303 e. The van der Waals surface area contributed by atoms with Crippen molar-refractivity contribution < 1.29 is 9.90 Å². The van der Waals surface area contributed by atoms with Gasteiger partial charge in [-0.1, -0.05) is 38.1 Å². The fraction of sp³-hybridized carbons (Fsp3) is 0.412. The Hall–Kier alpha value is -2.10. The van der Waals surface area contributed by atoms with E-state index < -0.39 is 5.97 Å². The van der Waals surface area contributed by atoms with Crippen molar-refractivity contribution in [3.8, 4) is 11.1 Å².